The molecular weight excluding hydrogens is 164 g/mol. The molecule has 3 nitrogen and oxygen atoms in total. The number of hydrogen-bond donors (Lipinski definition) is 1. The summed E-state index contributed by atoms with van der Waals surface area (Å²) in [5.41, 5.74) is 4.08. The second-order valence-electron chi connectivity index (χ2n) is 3.72. The zero-order valence-corrected chi connectivity index (χ0v) is 8.05. The van der Waals surface area contributed by atoms with Gasteiger partial charge < -0.3 is 10.2 Å². The molecule has 1 aliphatic carbocycles. The molecule has 1 fully saturated rings. The summed E-state index contributed by atoms with van der Waals surface area (Å²) in [6, 6.07) is 0. The minimum absolute atomic E-state index is 0.457. The number of nitrogens with one attached hydrogen (secondary N) is 1. The number of hydrogen-bond acceptors (Lipinski definition) is 3. The number of ether oxygens (including phenoxy) is 1. The fraction of sp³-hybridized carbons (Fsp3) is 0.700. The zero-order chi connectivity index (χ0) is 9.10. The largest absolute Gasteiger partial charge is 0.492 e. The van der Waals surface area contributed by atoms with E-state index in [2.05, 4.69) is 17.5 Å². The Labute approximate surface area is 78.9 Å². The third kappa shape index (κ3) is 2.02. The quantitative estimate of drug-likeness (QED) is 0.703. The summed E-state index contributed by atoms with van der Waals surface area (Å²) in [4.78, 5) is 0. The van der Waals surface area contributed by atoms with Crippen molar-refractivity contribution in [2.75, 3.05) is 6.54 Å². The first-order valence-corrected chi connectivity index (χ1v) is 4.98. The molecule has 0 atom stereocenters. The van der Waals surface area contributed by atoms with Gasteiger partial charge in [0, 0.05) is 5.57 Å². The molecule has 0 spiro atoms. The van der Waals surface area contributed by atoms with Gasteiger partial charge in [-0.25, -0.2) is 0 Å². The fourth-order valence-corrected chi connectivity index (χ4v) is 1.81. The van der Waals surface area contributed by atoms with Crippen LogP contribution in [0.4, 0.5) is 0 Å². The van der Waals surface area contributed by atoms with Gasteiger partial charge in [-0.05, 0) is 32.6 Å². The molecule has 1 N–H and O–H groups in total. The summed E-state index contributed by atoms with van der Waals surface area (Å²) in [5, 5.41) is 3.97. The molecular formula is C10H16N2O. The summed E-state index contributed by atoms with van der Waals surface area (Å²) in [6.45, 7) is 2.80. The molecule has 2 aliphatic rings. The summed E-state index contributed by atoms with van der Waals surface area (Å²) in [7, 11) is 0. The molecule has 72 valence electrons. The van der Waals surface area contributed by atoms with Gasteiger partial charge >= 0.3 is 0 Å². The predicted octanol–water partition coefficient (Wildman–Crippen LogP) is 1.81. The average molecular weight is 180 g/mol. The van der Waals surface area contributed by atoms with Gasteiger partial charge in [-0.2, -0.15) is 5.10 Å². The molecule has 0 unspecified atom stereocenters. The third-order valence-corrected chi connectivity index (χ3v) is 2.64. The van der Waals surface area contributed by atoms with Gasteiger partial charge in [-0.15, -0.1) is 0 Å². The van der Waals surface area contributed by atoms with E-state index in [1.54, 1.807) is 0 Å². The van der Waals surface area contributed by atoms with Crippen LogP contribution in [0.5, 0.6) is 0 Å². The Bertz CT molecular complexity index is 239. The molecule has 1 aliphatic heterocycles. The van der Waals surface area contributed by atoms with Crippen molar-refractivity contribution in [1.82, 2.24) is 5.43 Å². The highest BCUT2D eigenvalue weighted by Crippen LogP contribution is 2.24. The van der Waals surface area contributed by atoms with E-state index in [4.69, 9.17) is 4.74 Å². The molecule has 1 saturated carbocycles. The second-order valence-corrected chi connectivity index (χ2v) is 3.72. The molecule has 0 bridgehead atoms. The van der Waals surface area contributed by atoms with E-state index < -0.39 is 0 Å². The predicted molar refractivity (Wildman–Crippen MR) is 52.5 cm³/mol. The Morgan fingerprint density at radius 2 is 2.23 bits per heavy atom. The highest BCUT2D eigenvalue weighted by atomic mass is 16.5. The van der Waals surface area contributed by atoms with Crippen LogP contribution in [0.15, 0.2) is 16.4 Å². The van der Waals surface area contributed by atoms with Crippen molar-refractivity contribution >= 4 is 6.21 Å². The Kier molecular flexibility index (Phi) is 2.52. The van der Waals surface area contributed by atoms with Crippen molar-refractivity contribution in [2.45, 2.75) is 38.7 Å². The van der Waals surface area contributed by atoms with Crippen molar-refractivity contribution in [3.8, 4) is 0 Å². The fourth-order valence-electron chi connectivity index (χ4n) is 1.81. The van der Waals surface area contributed by atoms with E-state index >= 15 is 0 Å². The van der Waals surface area contributed by atoms with Crippen LogP contribution in [0.25, 0.3) is 0 Å². The van der Waals surface area contributed by atoms with Gasteiger partial charge in [0.1, 0.15) is 5.76 Å². The number of rotatable bonds is 2. The topological polar surface area (TPSA) is 33.6 Å². The lowest BCUT2D eigenvalue weighted by molar-refractivity contribution is 0.115. The molecule has 13 heavy (non-hydrogen) atoms. The Balaban J connectivity index is 1.95. The molecule has 0 aromatic heterocycles. The maximum atomic E-state index is 5.89. The normalized spacial score (nSPS) is 23.5. The summed E-state index contributed by atoms with van der Waals surface area (Å²) >= 11 is 0. The van der Waals surface area contributed by atoms with Gasteiger partial charge in [0.2, 0.25) is 0 Å². The lowest BCUT2D eigenvalue weighted by atomic mass is 10.2. The first-order chi connectivity index (χ1) is 6.36. The maximum absolute atomic E-state index is 5.89. The van der Waals surface area contributed by atoms with Crippen LogP contribution < -0.4 is 5.43 Å². The smallest absolute Gasteiger partial charge is 0.122 e. The number of nitrogens with zero attached hydrogens (tertiary/aromatic N) is 1. The third-order valence-electron chi connectivity index (χ3n) is 2.64. The van der Waals surface area contributed by atoms with Crippen LogP contribution in [0.1, 0.15) is 32.6 Å². The highest BCUT2D eigenvalue weighted by Gasteiger charge is 2.18. The Morgan fingerprint density at radius 3 is 2.92 bits per heavy atom. The van der Waals surface area contributed by atoms with Crippen molar-refractivity contribution < 1.29 is 4.74 Å². The van der Waals surface area contributed by atoms with Crippen LogP contribution in [0.2, 0.25) is 0 Å². The summed E-state index contributed by atoms with van der Waals surface area (Å²) in [5.74, 6) is 1.07. The van der Waals surface area contributed by atoms with Crippen molar-refractivity contribution in [3.63, 3.8) is 0 Å². The molecule has 1 heterocycles. The zero-order valence-electron chi connectivity index (χ0n) is 8.05. The molecule has 0 aromatic carbocycles. The van der Waals surface area contributed by atoms with Crippen LogP contribution in [-0.4, -0.2) is 18.9 Å². The molecule has 0 aromatic rings. The molecule has 0 amide bonds. The van der Waals surface area contributed by atoms with Gasteiger partial charge in [0.05, 0.1) is 18.9 Å². The lowest BCUT2D eigenvalue weighted by Gasteiger charge is -2.19. The maximum Gasteiger partial charge on any atom is 0.122 e. The van der Waals surface area contributed by atoms with Crippen molar-refractivity contribution in [2.24, 2.45) is 5.10 Å². The summed E-state index contributed by atoms with van der Waals surface area (Å²) in [6.07, 6.45) is 7.35. The van der Waals surface area contributed by atoms with Crippen molar-refractivity contribution in [1.29, 1.82) is 0 Å². The number of hydrazone groups is 1. The van der Waals surface area contributed by atoms with Gasteiger partial charge in [-0.1, -0.05) is 0 Å². The molecule has 3 heteroatoms. The van der Waals surface area contributed by atoms with Crippen LogP contribution in [-0.2, 0) is 4.74 Å². The standard InChI is InChI=1S/C10H16N2O/c1-8-6-11-12-7-10(8)13-9-4-2-3-5-9/h6,9,12H,2-5,7H2,1H3. The van der Waals surface area contributed by atoms with Gasteiger partial charge in [-0.3, -0.25) is 0 Å². The molecule has 0 radical (unpaired) electrons. The Hall–Kier alpha value is -0.990. The van der Waals surface area contributed by atoms with E-state index in [0.717, 1.165) is 17.9 Å². The van der Waals surface area contributed by atoms with E-state index in [0.29, 0.717) is 6.10 Å². The van der Waals surface area contributed by atoms with Crippen LogP contribution in [0.3, 0.4) is 0 Å². The lowest BCUT2D eigenvalue weighted by Crippen LogP contribution is -2.21. The van der Waals surface area contributed by atoms with Crippen molar-refractivity contribution in [3.05, 3.63) is 11.3 Å². The monoisotopic (exact) mass is 180 g/mol. The second kappa shape index (κ2) is 3.81. The van der Waals surface area contributed by atoms with E-state index in [-0.39, 0.29) is 0 Å². The first-order valence-electron chi connectivity index (χ1n) is 4.98. The van der Waals surface area contributed by atoms with Crippen LogP contribution in [0, 0.1) is 0 Å². The summed E-state index contributed by atoms with van der Waals surface area (Å²) < 4.78 is 5.89. The number of allylic oxidation sites excluding steroid dienone is 1. The van der Waals surface area contributed by atoms with Gasteiger partial charge in [0.25, 0.3) is 0 Å². The minimum Gasteiger partial charge on any atom is -0.492 e. The molecule has 0 saturated heterocycles. The van der Waals surface area contributed by atoms with E-state index in [1.807, 2.05) is 6.21 Å². The van der Waals surface area contributed by atoms with E-state index in [1.165, 1.54) is 25.7 Å². The van der Waals surface area contributed by atoms with E-state index in [9.17, 15) is 0 Å². The van der Waals surface area contributed by atoms with Crippen LogP contribution >= 0.6 is 0 Å². The minimum atomic E-state index is 0.457. The van der Waals surface area contributed by atoms with Gasteiger partial charge in [0.15, 0.2) is 0 Å². The highest BCUT2D eigenvalue weighted by molar-refractivity contribution is 5.79. The average Bonchev–Trinajstić information content (AvgIpc) is 2.61. The molecule has 2 rings (SSSR count). The first kappa shape index (κ1) is 8.60. The SMILES string of the molecule is CC1=C(OC2CCCC2)CNN=C1. The Morgan fingerprint density at radius 1 is 1.46 bits per heavy atom.